The highest BCUT2D eigenvalue weighted by Crippen LogP contribution is 2.29. The van der Waals surface area contributed by atoms with Gasteiger partial charge >= 0.3 is 0 Å². The first-order valence-corrected chi connectivity index (χ1v) is 12.3. The molecule has 3 aromatic carbocycles. The molecule has 0 aromatic heterocycles. The van der Waals surface area contributed by atoms with Gasteiger partial charge in [0.15, 0.2) is 0 Å². The number of amides is 3. The largest absolute Gasteiger partial charge is 0.284 e. The maximum Gasteiger partial charge on any atom is 0.261 e. The quantitative estimate of drug-likeness (QED) is 0.392. The molecule has 2 aliphatic rings. The third kappa shape index (κ3) is 4.88. The molecule has 1 unspecified atom stereocenters. The number of halogens is 1. The van der Waals surface area contributed by atoms with E-state index in [9.17, 15) is 14.4 Å². The Morgan fingerprint density at radius 2 is 1.65 bits per heavy atom. The predicted octanol–water partition coefficient (Wildman–Crippen LogP) is 4.31. The number of amidine groups is 1. The molecule has 2 N–H and O–H groups in total. The summed E-state index contributed by atoms with van der Waals surface area (Å²) in [7, 11) is 0. The summed E-state index contributed by atoms with van der Waals surface area (Å²) in [6.07, 6.45) is 0.395. The zero-order valence-electron chi connectivity index (χ0n) is 20.1. The Morgan fingerprint density at radius 1 is 0.973 bits per heavy atom. The van der Waals surface area contributed by atoms with Crippen molar-refractivity contribution in [1.29, 1.82) is 0 Å². The van der Waals surface area contributed by atoms with E-state index in [1.54, 1.807) is 36.4 Å². The van der Waals surface area contributed by atoms with E-state index >= 15 is 0 Å². The van der Waals surface area contributed by atoms with Crippen LogP contribution in [0.2, 0.25) is 5.02 Å². The SMILES string of the molecule is CCC(CC(=O)NNC1=Nc2ccc(Cl)cc2C(c2ccccc2)=NC1)N1C(=O)c2ccccc2C1=O. The number of nitrogens with one attached hydrogen (secondary N) is 2. The molecule has 0 saturated heterocycles. The van der Waals surface area contributed by atoms with Crippen LogP contribution in [0.1, 0.15) is 51.6 Å². The molecule has 0 fully saturated rings. The fourth-order valence-electron chi connectivity index (χ4n) is 4.49. The molecule has 0 saturated carbocycles. The lowest BCUT2D eigenvalue weighted by atomic mass is 10.0. The van der Waals surface area contributed by atoms with Crippen LogP contribution < -0.4 is 10.9 Å². The topological polar surface area (TPSA) is 103 Å². The van der Waals surface area contributed by atoms with Crippen LogP contribution in [0.4, 0.5) is 5.69 Å². The molecule has 0 bridgehead atoms. The minimum atomic E-state index is -0.573. The average Bonchev–Trinajstić information content (AvgIpc) is 3.05. The van der Waals surface area contributed by atoms with Crippen molar-refractivity contribution in [3.05, 3.63) is 100 Å². The molecule has 8 nitrogen and oxygen atoms in total. The summed E-state index contributed by atoms with van der Waals surface area (Å²) in [6.45, 7) is 2.04. The molecule has 2 aliphatic heterocycles. The molecule has 186 valence electrons. The van der Waals surface area contributed by atoms with Crippen molar-refractivity contribution in [1.82, 2.24) is 15.8 Å². The van der Waals surface area contributed by atoms with E-state index in [2.05, 4.69) is 15.8 Å². The van der Waals surface area contributed by atoms with E-state index in [1.165, 1.54) is 4.90 Å². The summed E-state index contributed by atoms with van der Waals surface area (Å²) in [5.41, 5.74) is 9.39. The molecule has 3 aromatic rings. The summed E-state index contributed by atoms with van der Waals surface area (Å²) in [5, 5.41) is 0.570. The number of imide groups is 1. The highest BCUT2D eigenvalue weighted by atomic mass is 35.5. The van der Waals surface area contributed by atoms with Gasteiger partial charge < -0.3 is 0 Å². The lowest BCUT2D eigenvalue weighted by Gasteiger charge is -2.24. The number of fused-ring (bicyclic) bond motifs is 2. The molecule has 0 spiro atoms. The number of nitrogens with zero attached hydrogens (tertiary/aromatic N) is 3. The van der Waals surface area contributed by atoms with E-state index in [-0.39, 0.29) is 30.7 Å². The molecule has 0 radical (unpaired) electrons. The number of carbonyl (C=O) groups excluding carboxylic acids is 3. The number of benzene rings is 3. The standard InChI is InChI=1S/C28H24ClN5O3/c1-2-19(34-27(36)20-10-6-7-11-21(20)28(34)37)15-25(35)33-32-24-16-30-26(17-8-4-3-5-9-17)22-14-18(29)12-13-23(22)31-24/h3-14,19H,2,15-16H2,1H3,(H,31,32)(H,33,35). The van der Waals surface area contributed by atoms with Crippen LogP contribution in [0.15, 0.2) is 82.8 Å². The Kier molecular flexibility index (Phi) is 6.83. The van der Waals surface area contributed by atoms with Crippen molar-refractivity contribution < 1.29 is 14.4 Å². The van der Waals surface area contributed by atoms with Crippen molar-refractivity contribution in [3.8, 4) is 0 Å². The lowest BCUT2D eigenvalue weighted by Crippen LogP contribution is -2.47. The number of hydrogen-bond acceptors (Lipinski definition) is 6. The average molecular weight is 514 g/mol. The highest BCUT2D eigenvalue weighted by molar-refractivity contribution is 6.31. The molecular weight excluding hydrogens is 490 g/mol. The van der Waals surface area contributed by atoms with Gasteiger partial charge in [0.05, 0.1) is 29.1 Å². The van der Waals surface area contributed by atoms with Crippen LogP contribution in [0.5, 0.6) is 0 Å². The van der Waals surface area contributed by atoms with Gasteiger partial charge in [-0.2, -0.15) is 0 Å². The molecule has 9 heteroatoms. The van der Waals surface area contributed by atoms with Gasteiger partial charge in [0.2, 0.25) is 5.91 Å². The van der Waals surface area contributed by atoms with Crippen molar-refractivity contribution in [3.63, 3.8) is 0 Å². The molecule has 1 atom stereocenters. The second-order valence-corrected chi connectivity index (χ2v) is 9.15. The normalized spacial score (nSPS) is 15.2. The van der Waals surface area contributed by atoms with Crippen LogP contribution >= 0.6 is 11.6 Å². The van der Waals surface area contributed by atoms with Crippen LogP contribution in [0.25, 0.3) is 0 Å². The van der Waals surface area contributed by atoms with Gasteiger partial charge in [0.25, 0.3) is 11.8 Å². The van der Waals surface area contributed by atoms with Crippen molar-refractivity contribution in [2.45, 2.75) is 25.8 Å². The number of hydrazine groups is 1. The Balaban J connectivity index is 1.29. The molecule has 5 rings (SSSR count). The van der Waals surface area contributed by atoms with Crippen LogP contribution in [0, 0.1) is 0 Å². The second-order valence-electron chi connectivity index (χ2n) is 8.72. The van der Waals surface area contributed by atoms with E-state index in [0.717, 1.165) is 16.8 Å². The molecule has 2 heterocycles. The first kappa shape index (κ1) is 24.4. The summed E-state index contributed by atoms with van der Waals surface area (Å²) in [5.74, 6) is -0.686. The third-order valence-corrected chi connectivity index (χ3v) is 6.57. The summed E-state index contributed by atoms with van der Waals surface area (Å²) >= 11 is 6.26. The maximum atomic E-state index is 12.8. The van der Waals surface area contributed by atoms with Crippen molar-refractivity contribution in [2.75, 3.05) is 6.54 Å². The van der Waals surface area contributed by atoms with Crippen LogP contribution in [-0.4, -0.2) is 46.8 Å². The van der Waals surface area contributed by atoms with Crippen molar-refractivity contribution in [2.24, 2.45) is 9.98 Å². The van der Waals surface area contributed by atoms with E-state index in [0.29, 0.717) is 34.1 Å². The Bertz CT molecular complexity index is 1420. The number of hydrogen-bond donors (Lipinski definition) is 2. The smallest absolute Gasteiger partial charge is 0.261 e. The molecule has 37 heavy (non-hydrogen) atoms. The second kappa shape index (κ2) is 10.4. The third-order valence-electron chi connectivity index (χ3n) is 6.33. The fraction of sp³-hybridized carbons (Fsp3) is 0.179. The van der Waals surface area contributed by atoms with Gasteiger partial charge in [-0.3, -0.25) is 35.1 Å². The van der Waals surface area contributed by atoms with Crippen molar-refractivity contribution >= 4 is 46.6 Å². The van der Waals surface area contributed by atoms with E-state index in [1.807, 2.05) is 43.3 Å². The first-order chi connectivity index (χ1) is 18.0. The minimum Gasteiger partial charge on any atom is -0.284 e. The van der Waals surface area contributed by atoms with Crippen LogP contribution in [0.3, 0.4) is 0 Å². The number of aliphatic imine (C=N–C) groups is 2. The van der Waals surface area contributed by atoms with Gasteiger partial charge in [-0.1, -0.05) is 61.0 Å². The predicted molar refractivity (Wildman–Crippen MR) is 142 cm³/mol. The Labute approximate surface area is 219 Å². The van der Waals surface area contributed by atoms with Crippen LogP contribution in [-0.2, 0) is 4.79 Å². The minimum absolute atomic E-state index is 0.0486. The van der Waals surface area contributed by atoms with Gasteiger partial charge in [-0.25, -0.2) is 4.99 Å². The summed E-state index contributed by atoms with van der Waals surface area (Å²) in [4.78, 5) is 49.1. The van der Waals surface area contributed by atoms with Gasteiger partial charge in [-0.15, -0.1) is 0 Å². The van der Waals surface area contributed by atoms with Gasteiger partial charge in [0, 0.05) is 28.6 Å². The van der Waals surface area contributed by atoms with E-state index in [4.69, 9.17) is 16.6 Å². The number of rotatable bonds is 5. The van der Waals surface area contributed by atoms with E-state index < -0.39 is 6.04 Å². The lowest BCUT2D eigenvalue weighted by molar-refractivity contribution is -0.122. The van der Waals surface area contributed by atoms with Gasteiger partial charge in [0.1, 0.15) is 5.84 Å². The Morgan fingerprint density at radius 3 is 2.32 bits per heavy atom. The zero-order valence-corrected chi connectivity index (χ0v) is 20.8. The molecular formula is C28H24ClN5O3. The maximum absolute atomic E-state index is 12.8. The first-order valence-electron chi connectivity index (χ1n) is 12.0. The number of carbonyl (C=O) groups is 3. The monoisotopic (exact) mass is 513 g/mol. The summed E-state index contributed by atoms with van der Waals surface area (Å²) in [6, 6.07) is 21.2. The van der Waals surface area contributed by atoms with Gasteiger partial charge in [-0.05, 0) is 36.8 Å². The summed E-state index contributed by atoms with van der Waals surface area (Å²) < 4.78 is 0. The zero-order chi connectivity index (χ0) is 25.9. The molecule has 3 amide bonds. The fourth-order valence-corrected chi connectivity index (χ4v) is 4.66. The highest BCUT2D eigenvalue weighted by Gasteiger charge is 2.39. The molecule has 0 aliphatic carbocycles. The Hall–Kier alpha value is -4.30.